The Hall–Kier alpha value is -3.08. The van der Waals surface area contributed by atoms with Gasteiger partial charge in [0, 0.05) is 47.0 Å². The number of Topliss-reactive ketones (excluding diaryl/α,β-unsaturated/α-hetero) is 1. The zero-order valence-electron chi connectivity index (χ0n) is 17.6. The number of amides is 1. The number of anilines is 1. The summed E-state index contributed by atoms with van der Waals surface area (Å²) in [7, 11) is 0. The van der Waals surface area contributed by atoms with E-state index in [1.54, 1.807) is 41.4 Å². The van der Waals surface area contributed by atoms with Gasteiger partial charge in [0.25, 0.3) is 5.69 Å². The van der Waals surface area contributed by atoms with Gasteiger partial charge in [0.1, 0.15) is 11.4 Å². The summed E-state index contributed by atoms with van der Waals surface area (Å²) >= 11 is 2.93. The summed E-state index contributed by atoms with van der Waals surface area (Å²) < 4.78 is 14.5. The van der Waals surface area contributed by atoms with Gasteiger partial charge < -0.3 is 5.32 Å². The first-order valence-corrected chi connectivity index (χ1v) is 12.7. The van der Waals surface area contributed by atoms with E-state index in [0.717, 1.165) is 0 Å². The lowest BCUT2D eigenvalue weighted by atomic mass is 9.70. The third-order valence-electron chi connectivity index (χ3n) is 7.10. The maximum Gasteiger partial charge on any atom is 0.269 e. The topological polar surface area (TPSA) is 92.5 Å². The molecule has 2 aromatic carbocycles. The molecule has 1 spiro atoms. The number of halogens is 1. The minimum Gasteiger partial charge on any atom is -0.324 e. The fourth-order valence-corrected chi connectivity index (χ4v) is 7.87. The standard InChI is InChI=1S/C24H18FN3O4S2/c25-14-6-7-17-16(10-14)24(23(30)26-17)21(22(29)19-5-2-8-34-19)20(18-11-33-12-27(18)24)13-3-1-4-15(9-13)28(31)32/h1-10,18,20-21H,11-12H2,(H,26,30)/t18-,20-,21+,24+/m1/s1. The molecule has 1 amide bonds. The van der Waals surface area contributed by atoms with Crippen molar-refractivity contribution in [3.05, 3.63) is 91.9 Å². The molecule has 3 aliphatic rings. The zero-order chi connectivity index (χ0) is 23.6. The Labute approximate surface area is 202 Å². The summed E-state index contributed by atoms with van der Waals surface area (Å²) in [5.41, 5.74) is 0.108. The van der Waals surface area contributed by atoms with Crippen molar-refractivity contribution < 1.29 is 18.9 Å². The molecule has 0 bridgehead atoms. The van der Waals surface area contributed by atoms with Gasteiger partial charge in [-0.2, -0.15) is 0 Å². The van der Waals surface area contributed by atoms with Crippen LogP contribution in [0.2, 0.25) is 0 Å². The number of nitrogens with zero attached hydrogens (tertiary/aromatic N) is 2. The highest BCUT2D eigenvalue weighted by Gasteiger charge is 2.69. The van der Waals surface area contributed by atoms with Crippen LogP contribution in [0.5, 0.6) is 0 Å². The Morgan fingerprint density at radius 2 is 2.06 bits per heavy atom. The Morgan fingerprint density at radius 1 is 1.21 bits per heavy atom. The Kier molecular flexibility index (Phi) is 4.87. The van der Waals surface area contributed by atoms with Crippen LogP contribution in [0.4, 0.5) is 15.8 Å². The number of nitrogens with one attached hydrogen (secondary N) is 1. The number of non-ortho nitro benzene ring substituents is 1. The van der Waals surface area contributed by atoms with Crippen LogP contribution in [-0.2, 0) is 10.3 Å². The van der Waals surface area contributed by atoms with Crippen molar-refractivity contribution in [2.24, 2.45) is 5.92 Å². The molecule has 0 saturated carbocycles. The Bertz CT molecular complexity index is 1350. The largest absolute Gasteiger partial charge is 0.324 e. The van der Waals surface area contributed by atoms with E-state index < -0.39 is 28.1 Å². The predicted octanol–water partition coefficient (Wildman–Crippen LogP) is 4.61. The van der Waals surface area contributed by atoms with Gasteiger partial charge in [-0.05, 0) is 35.2 Å². The molecule has 0 radical (unpaired) electrons. The maximum atomic E-state index is 14.5. The molecule has 3 aliphatic heterocycles. The molecule has 0 aliphatic carbocycles. The van der Waals surface area contributed by atoms with Gasteiger partial charge >= 0.3 is 0 Å². The maximum absolute atomic E-state index is 14.5. The summed E-state index contributed by atoms with van der Waals surface area (Å²) in [5.74, 6) is -1.26. The number of benzene rings is 2. The average Bonchev–Trinajstić information content (AvgIpc) is 3.60. The highest BCUT2D eigenvalue weighted by molar-refractivity contribution is 7.99. The number of rotatable bonds is 4. The van der Waals surface area contributed by atoms with Crippen molar-refractivity contribution in [2.75, 3.05) is 16.9 Å². The summed E-state index contributed by atoms with van der Waals surface area (Å²) in [4.78, 5) is 41.5. The molecule has 6 rings (SSSR count). The van der Waals surface area contributed by atoms with E-state index in [4.69, 9.17) is 0 Å². The van der Waals surface area contributed by atoms with E-state index in [0.29, 0.717) is 33.3 Å². The van der Waals surface area contributed by atoms with Crippen molar-refractivity contribution in [1.29, 1.82) is 0 Å². The van der Waals surface area contributed by atoms with Crippen molar-refractivity contribution >= 4 is 46.2 Å². The fraction of sp³-hybridized carbons (Fsp3) is 0.250. The highest BCUT2D eigenvalue weighted by Crippen LogP contribution is 2.61. The van der Waals surface area contributed by atoms with Gasteiger partial charge in [-0.1, -0.05) is 18.2 Å². The van der Waals surface area contributed by atoms with Crippen molar-refractivity contribution in [3.63, 3.8) is 0 Å². The molecule has 2 saturated heterocycles. The third kappa shape index (κ3) is 2.85. The zero-order valence-corrected chi connectivity index (χ0v) is 19.3. The summed E-state index contributed by atoms with van der Waals surface area (Å²) in [6.07, 6.45) is 0. The predicted molar refractivity (Wildman–Crippen MR) is 128 cm³/mol. The highest BCUT2D eigenvalue weighted by atomic mass is 32.2. The molecular formula is C24H18FN3O4S2. The molecule has 4 heterocycles. The minimum atomic E-state index is -1.40. The van der Waals surface area contributed by atoms with Crippen molar-refractivity contribution in [2.45, 2.75) is 17.5 Å². The third-order valence-corrected chi connectivity index (χ3v) is 9.02. The number of thioether (sulfide) groups is 1. The van der Waals surface area contributed by atoms with E-state index >= 15 is 0 Å². The average molecular weight is 496 g/mol. The van der Waals surface area contributed by atoms with Gasteiger partial charge in [0.05, 0.1) is 15.7 Å². The lowest BCUT2D eigenvalue weighted by Gasteiger charge is -2.36. The first-order chi connectivity index (χ1) is 16.4. The second-order valence-corrected chi connectivity index (χ2v) is 10.6. The molecule has 172 valence electrons. The van der Waals surface area contributed by atoms with E-state index in [9.17, 15) is 24.1 Å². The Morgan fingerprint density at radius 3 is 2.82 bits per heavy atom. The first-order valence-electron chi connectivity index (χ1n) is 10.7. The second kappa shape index (κ2) is 7.72. The Balaban J connectivity index is 1.63. The van der Waals surface area contributed by atoms with Crippen LogP contribution in [0.25, 0.3) is 0 Å². The van der Waals surface area contributed by atoms with E-state index in [1.165, 1.54) is 41.7 Å². The second-order valence-electron chi connectivity index (χ2n) is 8.64. The number of carbonyl (C=O) groups excluding carboxylic acids is 2. The fourth-order valence-electron chi connectivity index (χ4n) is 5.84. The quantitative estimate of drug-likeness (QED) is 0.323. The smallest absolute Gasteiger partial charge is 0.269 e. The first kappa shape index (κ1) is 21.5. The lowest BCUT2D eigenvalue weighted by Crippen LogP contribution is -2.52. The molecule has 34 heavy (non-hydrogen) atoms. The number of hydrogen-bond donors (Lipinski definition) is 1. The van der Waals surface area contributed by atoms with Gasteiger partial charge in [-0.25, -0.2) is 4.39 Å². The molecule has 1 N–H and O–H groups in total. The van der Waals surface area contributed by atoms with Crippen LogP contribution in [-0.4, -0.2) is 39.2 Å². The van der Waals surface area contributed by atoms with Crippen LogP contribution in [0.15, 0.2) is 60.0 Å². The number of ketones is 1. The lowest BCUT2D eigenvalue weighted by molar-refractivity contribution is -0.384. The number of nitro benzene ring substituents is 1. The molecule has 4 atom stereocenters. The molecular weight excluding hydrogens is 477 g/mol. The van der Waals surface area contributed by atoms with E-state index in [-0.39, 0.29) is 23.4 Å². The molecule has 10 heteroatoms. The molecule has 3 aromatic rings. The molecule has 1 aromatic heterocycles. The van der Waals surface area contributed by atoms with E-state index in [1.807, 2.05) is 4.90 Å². The molecule has 2 fully saturated rings. The van der Waals surface area contributed by atoms with Crippen molar-refractivity contribution in [3.8, 4) is 0 Å². The van der Waals surface area contributed by atoms with Gasteiger partial charge in [-0.3, -0.25) is 24.6 Å². The summed E-state index contributed by atoms with van der Waals surface area (Å²) in [6.45, 7) is 0. The van der Waals surface area contributed by atoms with Crippen LogP contribution in [0.3, 0.4) is 0 Å². The number of fused-ring (bicyclic) bond motifs is 4. The molecule has 7 nitrogen and oxygen atoms in total. The van der Waals surface area contributed by atoms with E-state index in [2.05, 4.69) is 5.32 Å². The number of hydrogen-bond acceptors (Lipinski definition) is 7. The normalized spacial score (nSPS) is 27.6. The van der Waals surface area contributed by atoms with Crippen LogP contribution < -0.4 is 5.32 Å². The monoisotopic (exact) mass is 495 g/mol. The van der Waals surface area contributed by atoms with Crippen LogP contribution in [0, 0.1) is 21.8 Å². The van der Waals surface area contributed by atoms with Crippen LogP contribution in [0.1, 0.15) is 26.7 Å². The minimum absolute atomic E-state index is 0.0692. The van der Waals surface area contributed by atoms with Gasteiger partial charge in [-0.15, -0.1) is 23.1 Å². The summed E-state index contributed by atoms with van der Waals surface area (Å²) in [5, 5.41) is 16.2. The number of carbonyl (C=O) groups is 2. The van der Waals surface area contributed by atoms with Crippen LogP contribution >= 0.6 is 23.1 Å². The van der Waals surface area contributed by atoms with Gasteiger partial charge in [0.2, 0.25) is 5.91 Å². The number of thiophene rings is 1. The molecule has 0 unspecified atom stereocenters. The van der Waals surface area contributed by atoms with Crippen molar-refractivity contribution in [1.82, 2.24) is 4.90 Å². The SMILES string of the molecule is O=C(c1cccs1)[C@@H]1[C@H](c2cccc([N+](=O)[O-])c2)[C@H]2CSCN2[C@]12C(=O)Nc1ccc(F)cc12. The number of nitro groups is 1. The van der Waals surface area contributed by atoms with Gasteiger partial charge in [0.15, 0.2) is 5.78 Å². The summed E-state index contributed by atoms with van der Waals surface area (Å²) in [6, 6.07) is 13.8.